The molecule has 0 radical (unpaired) electrons. The summed E-state index contributed by atoms with van der Waals surface area (Å²) in [6.45, 7) is 2.21. The Morgan fingerprint density at radius 3 is 1.33 bits per heavy atom. The first-order chi connectivity index (χ1) is 14.6. The van der Waals surface area contributed by atoms with Gasteiger partial charge in [-0.05, 0) is 56.6 Å². The van der Waals surface area contributed by atoms with Crippen LogP contribution in [-0.4, -0.2) is 59.6 Å². The predicted octanol–water partition coefficient (Wildman–Crippen LogP) is 2.34. The van der Waals surface area contributed by atoms with E-state index in [0.29, 0.717) is 48.3 Å². The van der Waals surface area contributed by atoms with Crippen molar-refractivity contribution >= 4 is 23.6 Å². The molecule has 0 unspecified atom stereocenters. The van der Waals surface area contributed by atoms with Crippen LogP contribution in [0.5, 0.6) is 0 Å². The van der Waals surface area contributed by atoms with Crippen molar-refractivity contribution in [2.75, 3.05) is 26.2 Å². The second-order valence-corrected chi connectivity index (χ2v) is 7.43. The number of fused-ring (bicyclic) bond motifs is 2. The zero-order valence-electron chi connectivity index (χ0n) is 16.6. The summed E-state index contributed by atoms with van der Waals surface area (Å²) in [5.74, 6) is -0.887. The fourth-order valence-electron chi connectivity index (χ4n) is 3.89. The maximum Gasteiger partial charge on any atom is 0.261 e. The third-order valence-electron chi connectivity index (χ3n) is 5.48. The summed E-state index contributed by atoms with van der Waals surface area (Å²) in [6, 6.07) is 13.8. The lowest BCUT2D eigenvalue weighted by molar-refractivity contribution is 0.0635. The molecule has 0 spiro atoms. The Kier molecular flexibility index (Phi) is 5.72. The molecule has 0 fully saturated rings. The number of imide groups is 2. The number of carbonyl (C=O) groups excluding carboxylic acids is 4. The summed E-state index contributed by atoms with van der Waals surface area (Å²) in [5.41, 5.74) is 1.91. The van der Waals surface area contributed by atoms with E-state index < -0.39 is 0 Å². The van der Waals surface area contributed by atoms with Crippen molar-refractivity contribution in [2.24, 2.45) is 0 Å². The number of nitrogens with one attached hydrogen (secondary N) is 1. The Morgan fingerprint density at radius 2 is 0.900 bits per heavy atom. The van der Waals surface area contributed by atoms with E-state index in [9.17, 15) is 19.2 Å². The fraction of sp³-hybridized carbons (Fsp3) is 0.304. The first kappa shape index (κ1) is 20.0. The normalized spacial score (nSPS) is 15.2. The van der Waals surface area contributed by atoms with Crippen molar-refractivity contribution in [2.45, 2.75) is 19.3 Å². The van der Waals surface area contributed by atoms with E-state index in [1.165, 1.54) is 9.80 Å². The lowest BCUT2D eigenvalue weighted by Gasteiger charge is -2.15. The first-order valence-corrected chi connectivity index (χ1v) is 10.2. The summed E-state index contributed by atoms with van der Waals surface area (Å²) in [7, 11) is 0. The minimum atomic E-state index is -0.225. The van der Waals surface area contributed by atoms with Crippen LogP contribution < -0.4 is 5.32 Å². The van der Waals surface area contributed by atoms with Gasteiger partial charge < -0.3 is 5.32 Å². The van der Waals surface area contributed by atoms with Gasteiger partial charge in [-0.15, -0.1) is 0 Å². The number of carbonyl (C=O) groups is 4. The molecule has 2 aliphatic heterocycles. The molecule has 0 bridgehead atoms. The molecule has 4 amide bonds. The maximum absolute atomic E-state index is 12.3. The van der Waals surface area contributed by atoms with Crippen LogP contribution in [0, 0.1) is 0 Å². The molecule has 1 N–H and O–H groups in total. The number of benzene rings is 2. The maximum atomic E-state index is 12.3. The Labute approximate surface area is 174 Å². The van der Waals surface area contributed by atoms with Crippen LogP contribution in [0.25, 0.3) is 0 Å². The molecule has 7 nitrogen and oxygen atoms in total. The summed E-state index contributed by atoms with van der Waals surface area (Å²) in [4.78, 5) is 51.8. The zero-order chi connectivity index (χ0) is 21.1. The first-order valence-electron chi connectivity index (χ1n) is 10.2. The molecular weight excluding hydrogens is 382 g/mol. The van der Waals surface area contributed by atoms with Crippen LogP contribution in [0.4, 0.5) is 0 Å². The van der Waals surface area contributed by atoms with Crippen molar-refractivity contribution < 1.29 is 19.2 Å². The van der Waals surface area contributed by atoms with Crippen molar-refractivity contribution in [3.63, 3.8) is 0 Å². The van der Waals surface area contributed by atoms with Gasteiger partial charge in [0.1, 0.15) is 0 Å². The van der Waals surface area contributed by atoms with Gasteiger partial charge in [0.2, 0.25) is 0 Å². The summed E-state index contributed by atoms with van der Waals surface area (Å²) < 4.78 is 0. The highest BCUT2D eigenvalue weighted by Crippen LogP contribution is 2.23. The molecule has 0 saturated carbocycles. The Bertz CT molecular complexity index is 866. The number of amides is 4. The van der Waals surface area contributed by atoms with Gasteiger partial charge in [0.05, 0.1) is 22.3 Å². The van der Waals surface area contributed by atoms with Crippen molar-refractivity contribution in [1.82, 2.24) is 15.1 Å². The van der Waals surface area contributed by atoms with Gasteiger partial charge in [0.15, 0.2) is 0 Å². The van der Waals surface area contributed by atoms with Crippen molar-refractivity contribution in [3.05, 3.63) is 70.8 Å². The Balaban J connectivity index is 1.12. The molecule has 0 aliphatic carbocycles. The van der Waals surface area contributed by atoms with Crippen molar-refractivity contribution in [3.8, 4) is 0 Å². The average Bonchev–Trinajstić information content (AvgIpc) is 3.16. The molecule has 154 valence electrons. The van der Waals surface area contributed by atoms with Gasteiger partial charge in [0, 0.05) is 13.1 Å². The predicted molar refractivity (Wildman–Crippen MR) is 110 cm³/mol. The van der Waals surface area contributed by atoms with E-state index in [4.69, 9.17) is 0 Å². The second-order valence-electron chi connectivity index (χ2n) is 7.43. The Morgan fingerprint density at radius 1 is 0.533 bits per heavy atom. The van der Waals surface area contributed by atoms with E-state index in [1.54, 1.807) is 48.5 Å². The zero-order valence-corrected chi connectivity index (χ0v) is 16.6. The van der Waals surface area contributed by atoms with Crippen molar-refractivity contribution in [1.29, 1.82) is 0 Å². The third-order valence-corrected chi connectivity index (χ3v) is 5.48. The minimum Gasteiger partial charge on any atom is -0.317 e. The van der Waals surface area contributed by atoms with Crippen LogP contribution >= 0.6 is 0 Å². The van der Waals surface area contributed by atoms with E-state index in [2.05, 4.69) is 5.32 Å². The largest absolute Gasteiger partial charge is 0.317 e. The van der Waals surface area contributed by atoms with E-state index in [0.717, 1.165) is 19.4 Å². The smallest absolute Gasteiger partial charge is 0.261 e. The highest BCUT2D eigenvalue weighted by molar-refractivity contribution is 6.22. The molecule has 2 aromatic rings. The highest BCUT2D eigenvalue weighted by atomic mass is 16.2. The van der Waals surface area contributed by atoms with Crippen LogP contribution in [-0.2, 0) is 0 Å². The van der Waals surface area contributed by atoms with Crippen LogP contribution in [0.2, 0.25) is 0 Å². The highest BCUT2D eigenvalue weighted by Gasteiger charge is 2.35. The van der Waals surface area contributed by atoms with Gasteiger partial charge in [-0.1, -0.05) is 24.3 Å². The lowest BCUT2D eigenvalue weighted by atomic mass is 10.1. The van der Waals surface area contributed by atoms with E-state index in [1.807, 2.05) is 0 Å². The number of hydrogen-bond donors (Lipinski definition) is 1. The quantitative estimate of drug-likeness (QED) is 0.511. The number of rotatable bonds is 9. The molecular formula is C23H23N3O4. The van der Waals surface area contributed by atoms with Gasteiger partial charge in [-0.25, -0.2) is 0 Å². The van der Waals surface area contributed by atoms with Crippen LogP contribution in [0.3, 0.4) is 0 Å². The lowest BCUT2D eigenvalue weighted by Crippen LogP contribution is -2.33. The van der Waals surface area contributed by atoms with Gasteiger partial charge in [-0.2, -0.15) is 0 Å². The third kappa shape index (κ3) is 3.64. The summed E-state index contributed by atoms with van der Waals surface area (Å²) in [5, 5.41) is 3.29. The molecule has 2 heterocycles. The summed E-state index contributed by atoms with van der Waals surface area (Å²) in [6.07, 6.45) is 2.21. The molecule has 4 rings (SSSR count). The van der Waals surface area contributed by atoms with Crippen LogP contribution in [0.1, 0.15) is 60.7 Å². The van der Waals surface area contributed by atoms with Gasteiger partial charge in [0.25, 0.3) is 23.6 Å². The molecule has 0 aromatic heterocycles. The second kappa shape index (κ2) is 8.59. The van der Waals surface area contributed by atoms with E-state index >= 15 is 0 Å². The number of hydrogen-bond acceptors (Lipinski definition) is 5. The molecule has 0 saturated heterocycles. The SMILES string of the molecule is O=C1c2ccccc2C(=O)N1CCCCNCCCN1C(=O)c2ccccc2C1=O. The molecule has 0 atom stereocenters. The standard InChI is InChI=1S/C23H23N3O4/c27-20-16-8-1-2-9-17(16)21(28)25(20)14-6-5-12-24-13-7-15-26-22(29)18-10-3-4-11-19(18)23(26)30/h1-4,8-11,24H,5-7,12-15H2. The molecule has 30 heavy (non-hydrogen) atoms. The van der Waals surface area contributed by atoms with Crippen LogP contribution in [0.15, 0.2) is 48.5 Å². The molecule has 2 aromatic carbocycles. The monoisotopic (exact) mass is 405 g/mol. The number of unbranched alkanes of at least 4 members (excludes halogenated alkanes) is 1. The fourth-order valence-corrected chi connectivity index (χ4v) is 3.89. The topological polar surface area (TPSA) is 86.8 Å². The minimum absolute atomic E-state index is 0.218. The Hall–Kier alpha value is -3.32. The summed E-state index contributed by atoms with van der Waals surface area (Å²) >= 11 is 0. The van der Waals surface area contributed by atoms with Gasteiger partial charge in [-0.3, -0.25) is 29.0 Å². The van der Waals surface area contributed by atoms with E-state index in [-0.39, 0.29) is 23.6 Å². The average molecular weight is 405 g/mol. The van der Waals surface area contributed by atoms with Gasteiger partial charge >= 0.3 is 0 Å². The number of nitrogens with zero attached hydrogens (tertiary/aromatic N) is 2. The molecule has 7 heteroatoms. The molecule has 2 aliphatic rings.